The summed E-state index contributed by atoms with van der Waals surface area (Å²) in [6.07, 6.45) is 6.00. The molecule has 1 heterocycles. The number of aromatic nitrogens is 1. The summed E-state index contributed by atoms with van der Waals surface area (Å²) in [6, 6.07) is 5.08. The first kappa shape index (κ1) is 26.3. The number of aryl methyl sites for hydroxylation is 1. The number of pyridine rings is 1. The van der Waals surface area contributed by atoms with Crippen LogP contribution in [0.25, 0.3) is 0 Å². The first-order valence-corrected chi connectivity index (χ1v) is 12.6. The largest absolute Gasteiger partial charge is 0.534 e. The second-order valence-corrected chi connectivity index (χ2v) is 10.2. The van der Waals surface area contributed by atoms with Crippen LogP contribution in [-0.2, 0) is 21.3 Å². The van der Waals surface area contributed by atoms with E-state index in [1.807, 2.05) is 12.1 Å². The first-order valence-electron chi connectivity index (χ1n) is 11.2. The van der Waals surface area contributed by atoms with Crippen molar-refractivity contribution >= 4 is 10.1 Å². The molecule has 0 radical (unpaired) electrons. The summed E-state index contributed by atoms with van der Waals surface area (Å²) in [5.74, 6) is 0.673. The van der Waals surface area contributed by atoms with Crippen LogP contribution in [0.2, 0.25) is 0 Å². The minimum Gasteiger partial charge on any atom is -0.466 e. The molecule has 0 bridgehead atoms. The van der Waals surface area contributed by atoms with Crippen LogP contribution in [0, 0.1) is 20.8 Å². The van der Waals surface area contributed by atoms with Gasteiger partial charge < -0.3 is 13.7 Å². The molecule has 0 saturated heterocycles. The van der Waals surface area contributed by atoms with Gasteiger partial charge in [0.15, 0.2) is 6.79 Å². The fourth-order valence-electron chi connectivity index (χ4n) is 4.32. The zero-order valence-corrected chi connectivity index (χ0v) is 20.6. The van der Waals surface area contributed by atoms with Crippen molar-refractivity contribution in [1.82, 2.24) is 4.98 Å². The van der Waals surface area contributed by atoms with E-state index in [2.05, 4.69) is 4.18 Å². The number of halogens is 3. The van der Waals surface area contributed by atoms with E-state index in [9.17, 15) is 21.6 Å². The average molecular weight is 502 g/mol. The summed E-state index contributed by atoms with van der Waals surface area (Å²) >= 11 is 0. The highest BCUT2D eigenvalue weighted by Gasteiger charge is 2.48. The Hall–Kier alpha value is -2.33. The SMILES string of the molecule is COCOc1ccc(Cc2c(C)cc(OS(=O)(=O)C(F)(F)F)c(C)c2C)nc1C1CCCCC1. The van der Waals surface area contributed by atoms with Crippen molar-refractivity contribution in [3.63, 3.8) is 0 Å². The highest BCUT2D eigenvalue weighted by Crippen LogP contribution is 2.37. The number of rotatable bonds is 8. The molecule has 2 aromatic rings. The van der Waals surface area contributed by atoms with Gasteiger partial charge in [-0.05, 0) is 74.1 Å². The molecule has 1 saturated carbocycles. The third-order valence-electron chi connectivity index (χ3n) is 6.32. The van der Waals surface area contributed by atoms with Crippen molar-refractivity contribution in [3.8, 4) is 11.5 Å². The number of methoxy groups -OCH3 is 1. The fourth-order valence-corrected chi connectivity index (χ4v) is 4.82. The smallest absolute Gasteiger partial charge is 0.466 e. The van der Waals surface area contributed by atoms with Crippen molar-refractivity contribution < 1.29 is 35.2 Å². The van der Waals surface area contributed by atoms with Gasteiger partial charge in [-0.3, -0.25) is 4.98 Å². The van der Waals surface area contributed by atoms with E-state index >= 15 is 0 Å². The number of alkyl halides is 3. The predicted molar refractivity (Wildman–Crippen MR) is 122 cm³/mol. The lowest BCUT2D eigenvalue weighted by atomic mass is 9.86. The summed E-state index contributed by atoms with van der Waals surface area (Å²) in [4.78, 5) is 4.91. The molecule has 0 atom stereocenters. The molecule has 188 valence electrons. The molecule has 34 heavy (non-hydrogen) atoms. The molecule has 0 unspecified atom stereocenters. The number of benzene rings is 1. The van der Waals surface area contributed by atoms with E-state index in [0.717, 1.165) is 42.6 Å². The number of nitrogens with zero attached hydrogens (tertiary/aromatic N) is 1. The Kier molecular flexibility index (Phi) is 8.13. The quantitative estimate of drug-likeness (QED) is 0.256. The van der Waals surface area contributed by atoms with Crippen molar-refractivity contribution in [1.29, 1.82) is 0 Å². The lowest BCUT2D eigenvalue weighted by molar-refractivity contribution is -0.0500. The number of hydrogen-bond donors (Lipinski definition) is 0. The zero-order valence-electron chi connectivity index (χ0n) is 19.8. The molecule has 1 aromatic heterocycles. The lowest BCUT2D eigenvalue weighted by Gasteiger charge is -2.24. The van der Waals surface area contributed by atoms with Crippen molar-refractivity contribution in [3.05, 3.63) is 51.8 Å². The van der Waals surface area contributed by atoms with Gasteiger partial charge >= 0.3 is 15.6 Å². The maximum Gasteiger partial charge on any atom is 0.534 e. The predicted octanol–water partition coefficient (Wildman–Crippen LogP) is 5.86. The van der Waals surface area contributed by atoms with Crippen LogP contribution >= 0.6 is 0 Å². The van der Waals surface area contributed by atoms with E-state index < -0.39 is 15.6 Å². The first-order chi connectivity index (χ1) is 15.9. The van der Waals surface area contributed by atoms with Crippen molar-refractivity contribution in [2.75, 3.05) is 13.9 Å². The Balaban J connectivity index is 1.93. The normalized spacial score (nSPS) is 15.4. The maximum atomic E-state index is 12.8. The van der Waals surface area contributed by atoms with Crippen LogP contribution in [0.3, 0.4) is 0 Å². The lowest BCUT2D eigenvalue weighted by Crippen LogP contribution is -2.28. The molecule has 3 rings (SSSR count). The van der Waals surface area contributed by atoms with Gasteiger partial charge in [0.1, 0.15) is 11.5 Å². The van der Waals surface area contributed by atoms with Gasteiger partial charge in [0.05, 0.1) is 5.69 Å². The average Bonchev–Trinajstić information content (AvgIpc) is 2.79. The van der Waals surface area contributed by atoms with Crippen LogP contribution in [0.15, 0.2) is 18.2 Å². The molecular weight excluding hydrogens is 471 g/mol. The molecule has 10 heteroatoms. The van der Waals surface area contributed by atoms with Crippen molar-refractivity contribution in [2.24, 2.45) is 0 Å². The Labute approximate surface area is 198 Å². The molecule has 6 nitrogen and oxygen atoms in total. The highest BCUT2D eigenvalue weighted by atomic mass is 32.2. The molecule has 1 aromatic carbocycles. The van der Waals surface area contributed by atoms with Crippen LogP contribution in [0.5, 0.6) is 11.5 Å². The second kappa shape index (κ2) is 10.5. The molecular formula is C24H30F3NO5S. The van der Waals surface area contributed by atoms with E-state index in [0.29, 0.717) is 34.8 Å². The zero-order chi connectivity index (χ0) is 25.1. The Morgan fingerprint density at radius 3 is 2.32 bits per heavy atom. The molecule has 1 aliphatic rings. The molecule has 1 aliphatic carbocycles. The van der Waals surface area contributed by atoms with Gasteiger partial charge in [-0.2, -0.15) is 21.6 Å². The second-order valence-electron chi connectivity index (χ2n) is 8.65. The van der Waals surface area contributed by atoms with Crippen molar-refractivity contribution in [2.45, 2.75) is 70.7 Å². The highest BCUT2D eigenvalue weighted by molar-refractivity contribution is 7.88. The van der Waals surface area contributed by atoms with Crippen LogP contribution in [-0.4, -0.2) is 32.8 Å². The minimum atomic E-state index is -5.75. The Bertz CT molecular complexity index is 1130. The standard InChI is InChI=1S/C24H30F3NO5S/c1-15-12-22(33-34(29,30)24(25,26)27)17(3)16(2)20(15)13-19-10-11-21(32-14-31-4)23(28-19)18-8-6-5-7-9-18/h10-12,18H,5-9,13-14H2,1-4H3. The minimum absolute atomic E-state index is 0.125. The third-order valence-corrected chi connectivity index (χ3v) is 7.28. The van der Waals surface area contributed by atoms with Gasteiger partial charge in [-0.15, -0.1) is 0 Å². The van der Waals surface area contributed by atoms with E-state index in [1.54, 1.807) is 27.9 Å². The van der Waals surface area contributed by atoms with E-state index in [4.69, 9.17) is 14.5 Å². The van der Waals surface area contributed by atoms with E-state index in [-0.39, 0.29) is 12.5 Å². The summed E-state index contributed by atoms with van der Waals surface area (Å²) < 4.78 is 76.5. The Morgan fingerprint density at radius 2 is 1.71 bits per heavy atom. The molecule has 0 aliphatic heterocycles. The Morgan fingerprint density at radius 1 is 1.03 bits per heavy atom. The van der Waals surface area contributed by atoms with Gasteiger partial charge in [-0.25, -0.2) is 0 Å². The maximum absolute atomic E-state index is 12.8. The fraction of sp³-hybridized carbons (Fsp3) is 0.542. The third kappa shape index (κ3) is 5.83. The summed E-state index contributed by atoms with van der Waals surface area (Å²) in [7, 11) is -4.19. The summed E-state index contributed by atoms with van der Waals surface area (Å²) in [5.41, 5.74) is -1.32. The van der Waals surface area contributed by atoms with E-state index in [1.165, 1.54) is 12.5 Å². The molecule has 0 amide bonds. The monoisotopic (exact) mass is 501 g/mol. The van der Waals surface area contributed by atoms with Crippen LogP contribution in [0.4, 0.5) is 13.2 Å². The molecule has 0 N–H and O–H groups in total. The molecule has 1 fully saturated rings. The van der Waals surface area contributed by atoms with Crippen LogP contribution < -0.4 is 8.92 Å². The van der Waals surface area contributed by atoms with Gasteiger partial charge in [0.25, 0.3) is 0 Å². The number of hydrogen-bond acceptors (Lipinski definition) is 6. The van der Waals surface area contributed by atoms with Crippen LogP contribution in [0.1, 0.15) is 71.7 Å². The summed E-state index contributed by atoms with van der Waals surface area (Å²) in [6.45, 7) is 5.12. The van der Waals surface area contributed by atoms with Gasteiger partial charge in [-0.1, -0.05) is 19.3 Å². The number of ether oxygens (including phenoxy) is 2. The van der Waals surface area contributed by atoms with Gasteiger partial charge in [0, 0.05) is 25.1 Å². The molecule has 0 spiro atoms. The summed E-state index contributed by atoms with van der Waals surface area (Å²) in [5, 5.41) is 0. The topological polar surface area (TPSA) is 74.7 Å². The van der Waals surface area contributed by atoms with Gasteiger partial charge in [0.2, 0.25) is 0 Å².